The number of hydrogen-bond donors (Lipinski definition) is 2. The van der Waals surface area contributed by atoms with Gasteiger partial charge in [-0.1, -0.05) is 19.1 Å². The lowest BCUT2D eigenvalue weighted by molar-refractivity contribution is -0.167. The normalized spacial score (nSPS) is 22.1. The molecule has 6 nitrogen and oxygen atoms in total. The van der Waals surface area contributed by atoms with Crippen molar-refractivity contribution in [3.63, 3.8) is 0 Å². The summed E-state index contributed by atoms with van der Waals surface area (Å²) in [5, 5.41) is 18.5. The number of carbonyl (C=O) groups is 3. The van der Waals surface area contributed by atoms with Crippen molar-refractivity contribution < 1.29 is 29.3 Å². The second-order valence-corrected chi connectivity index (χ2v) is 8.12. The van der Waals surface area contributed by atoms with Gasteiger partial charge in [0.15, 0.2) is 5.78 Å². The van der Waals surface area contributed by atoms with Crippen LogP contribution < -0.4 is 0 Å². The van der Waals surface area contributed by atoms with Crippen LogP contribution in [0.3, 0.4) is 0 Å². The summed E-state index contributed by atoms with van der Waals surface area (Å²) in [5.41, 5.74) is -0.685. The van der Waals surface area contributed by atoms with Crippen LogP contribution in [0.25, 0.3) is 0 Å². The first-order chi connectivity index (χ1) is 13.3. The molecule has 0 aromatic heterocycles. The van der Waals surface area contributed by atoms with Crippen LogP contribution in [0.1, 0.15) is 59.3 Å². The molecule has 1 aliphatic carbocycles. The number of ketones is 1. The van der Waals surface area contributed by atoms with E-state index in [1.807, 2.05) is 6.08 Å². The van der Waals surface area contributed by atoms with Crippen molar-refractivity contribution in [1.82, 2.24) is 0 Å². The molecule has 28 heavy (non-hydrogen) atoms. The number of aliphatic hydroxyl groups excluding tert-OH is 2. The van der Waals surface area contributed by atoms with Gasteiger partial charge in [-0.15, -0.1) is 0 Å². The topological polar surface area (TPSA) is 101 Å². The average molecular weight is 395 g/mol. The number of allylic oxidation sites excluding steroid dienone is 4. The van der Waals surface area contributed by atoms with Crippen molar-refractivity contribution >= 4 is 18.0 Å². The van der Waals surface area contributed by atoms with Gasteiger partial charge < -0.3 is 14.9 Å². The number of hydrogen-bond acceptors (Lipinski definition) is 6. The molecule has 0 aliphatic heterocycles. The molecule has 1 fully saturated rings. The first-order valence-corrected chi connectivity index (χ1v) is 10.0. The number of aldehydes is 1. The molecule has 1 atom stereocenters. The van der Waals surface area contributed by atoms with E-state index in [2.05, 4.69) is 0 Å². The smallest absolute Gasteiger partial charge is 0.316 e. The van der Waals surface area contributed by atoms with Gasteiger partial charge in [-0.05, 0) is 69.9 Å². The van der Waals surface area contributed by atoms with Crippen LogP contribution in [-0.2, 0) is 19.1 Å². The van der Waals surface area contributed by atoms with Crippen molar-refractivity contribution in [1.29, 1.82) is 0 Å². The zero-order chi connectivity index (χ0) is 21.2. The van der Waals surface area contributed by atoms with Gasteiger partial charge >= 0.3 is 5.97 Å². The second-order valence-electron chi connectivity index (χ2n) is 8.12. The predicted octanol–water partition coefficient (Wildman–Crippen LogP) is 2.77. The van der Waals surface area contributed by atoms with E-state index in [0.29, 0.717) is 11.5 Å². The third-order valence-electron chi connectivity index (χ3n) is 5.43. The Morgan fingerprint density at radius 2 is 1.79 bits per heavy atom. The van der Waals surface area contributed by atoms with Gasteiger partial charge in [0.25, 0.3) is 0 Å². The summed E-state index contributed by atoms with van der Waals surface area (Å²) in [6.07, 6.45) is 11.0. The highest BCUT2D eigenvalue weighted by Gasteiger charge is 2.36. The molecule has 0 bridgehead atoms. The summed E-state index contributed by atoms with van der Waals surface area (Å²) in [5.74, 6) is -0.315. The van der Waals surface area contributed by atoms with Gasteiger partial charge in [-0.2, -0.15) is 0 Å². The highest BCUT2D eigenvalue weighted by atomic mass is 16.5. The Balaban J connectivity index is 2.33. The first kappa shape index (κ1) is 24.2. The fourth-order valence-corrected chi connectivity index (χ4v) is 3.21. The van der Waals surface area contributed by atoms with E-state index in [1.54, 1.807) is 26.0 Å². The number of ether oxygens (including phenoxy) is 1. The number of esters is 1. The first-order valence-electron chi connectivity index (χ1n) is 10.0. The minimum atomic E-state index is -1.25. The lowest BCUT2D eigenvalue weighted by Gasteiger charge is -2.31. The van der Waals surface area contributed by atoms with E-state index in [-0.39, 0.29) is 17.8 Å². The quantitative estimate of drug-likeness (QED) is 0.317. The lowest BCUT2D eigenvalue weighted by Crippen LogP contribution is -2.39. The van der Waals surface area contributed by atoms with Crippen molar-refractivity contribution in [3.8, 4) is 0 Å². The molecule has 0 heterocycles. The summed E-state index contributed by atoms with van der Waals surface area (Å²) in [7, 11) is 0. The Bertz CT molecular complexity index is 580. The van der Waals surface area contributed by atoms with Crippen molar-refractivity contribution in [2.45, 2.75) is 65.4 Å². The van der Waals surface area contributed by atoms with E-state index in [9.17, 15) is 24.6 Å². The summed E-state index contributed by atoms with van der Waals surface area (Å²) >= 11 is 0. The lowest BCUT2D eigenvalue weighted by atomic mass is 9.84. The van der Waals surface area contributed by atoms with E-state index >= 15 is 0 Å². The molecule has 0 aromatic carbocycles. The molecule has 1 rings (SSSR count). The van der Waals surface area contributed by atoms with E-state index in [1.165, 1.54) is 6.92 Å². The molecule has 0 unspecified atom stereocenters. The van der Waals surface area contributed by atoms with Gasteiger partial charge in [0.05, 0.1) is 13.2 Å². The maximum absolute atomic E-state index is 12.1. The highest BCUT2D eigenvalue weighted by molar-refractivity contribution is 5.93. The molecule has 0 aromatic rings. The van der Waals surface area contributed by atoms with Crippen LogP contribution >= 0.6 is 0 Å². The molecule has 1 aliphatic rings. The number of aliphatic hydroxyl groups is 2. The van der Waals surface area contributed by atoms with E-state index < -0.39 is 24.6 Å². The molecule has 1 saturated carbocycles. The van der Waals surface area contributed by atoms with Crippen LogP contribution in [0, 0.1) is 17.3 Å². The minimum Gasteiger partial charge on any atom is -0.462 e. The third-order valence-corrected chi connectivity index (χ3v) is 5.43. The summed E-state index contributed by atoms with van der Waals surface area (Å²) < 4.78 is 5.46. The van der Waals surface area contributed by atoms with Gasteiger partial charge in [0.2, 0.25) is 0 Å². The third kappa shape index (κ3) is 7.68. The second kappa shape index (κ2) is 11.9. The van der Waals surface area contributed by atoms with Crippen LogP contribution in [-0.4, -0.2) is 47.6 Å². The Kier molecular flexibility index (Phi) is 10.3. The Hall–Kier alpha value is -1.79. The molecule has 6 heteroatoms. The molecule has 0 amide bonds. The molecule has 2 N–H and O–H groups in total. The van der Waals surface area contributed by atoms with Crippen molar-refractivity contribution in [2.75, 3.05) is 13.2 Å². The predicted molar refractivity (Wildman–Crippen MR) is 106 cm³/mol. The molecule has 0 spiro atoms. The standard InChI is InChI=1S/C22H34O6/c1-16(13-23)12-17(2)20(26)7-5-4-6-18-8-10-19(11-9-18)28-21(27)22(3,14-24)15-25/h5,7,12-13,17-19,24-25H,4,6,8-11,14-15H2,1-3H3/b7-5+,16-12+/t17-,18-,19-/m1/s1. The maximum Gasteiger partial charge on any atom is 0.316 e. The van der Waals surface area contributed by atoms with Crippen LogP contribution in [0.15, 0.2) is 23.8 Å². The maximum atomic E-state index is 12.1. The van der Waals surface area contributed by atoms with Gasteiger partial charge in [-0.3, -0.25) is 14.4 Å². The molecule has 158 valence electrons. The summed E-state index contributed by atoms with van der Waals surface area (Å²) in [6.45, 7) is 4.08. The zero-order valence-corrected chi connectivity index (χ0v) is 17.2. The Morgan fingerprint density at radius 1 is 1.18 bits per heavy atom. The highest BCUT2D eigenvalue weighted by Crippen LogP contribution is 2.31. The van der Waals surface area contributed by atoms with Crippen molar-refractivity contribution in [3.05, 3.63) is 23.8 Å². The van der Waals surface area contributed by atoms with Crippen LogP contribution in [0.5, 0.6) is 0 Å². The Morgan fingerprint density at radius 3 is 2.32 bits per heavy atom. The average Bonchev–Trinajstić information content (AvgIpc) is 2.71. The van der Waals surface area contributed by atoms with E-state index in [0.717, 1.165) is 44.8 Å². The van der Waals surface area contributed by atoms with Gasteiger partial charge in [0.1, 0.15) is 17.8 Å². The van der Waals surface area contributed by atoms with E-state index in [4.69, 9.17) is 4.74 Å². The summed E-state index contributed by atoms with van der Waals surface area (Å²) in [4.78, 5) is 34.7. The fraction of sp³-hybridized carbons (Fsp3) is 0.682. The van der Waals surface area contributed by atoms with Crippen molar-refractivity contribution in [2.24, 2.45) is 17.3 Å². The molecular weight excluding hydrogens is 360 g/mol. The summed E-state index contributed by atoms with van der Waals surface area (Å²) in [6, 6.07) is 0. The molecular formula is C22H34O6. The molecule has 0 saturated heterocycles. The van der Waals surface area contributed by atoms with Crippen LogP contribution in [0.2, 0.25) is 0 Å². The van der Waals surface area contributed by atoms with Gasteiger partial charge in [0, 0.05) is 5.92 Å². The largest absolute Gasteiger partial charge is 0.462 e. The zero-order valence-electron chi connectivity index (χ0n) is 17.2. The monoisotopic (exact) mass is 394 g/mol. The molecule has 0 radical (unpaired) electrons. The van der Waals surface area contributed by atoms with Crippen LogP contribution in [0.4, 0.5) is 0 Å². The minimum absolute atomic E-state index is 0.00682. The number of rotatable bonds is 11. The van der Waals surface area contributed by atoms with Gasteiger partial charge in [-0.25, -0.2) is 0 Å². The Labute approximate surface area is 167 Å². The SMILES string of the molecule is C/C(C=O)=C\[C@@H](C)C(=O)/C=C/CC[C@H]1CC[C@H](OC(=O)C(C)(CO)CO)CC1. The fourth-order valence-electron chi connectivity index (χ4n) is 3.21. The number of carbonyl (C=O) groups excluding carboxylic acids is 3.